The van der Waals surface area contributed by atoms with Gasteiger partial charge in [-0.05, 0) is 41.6 Å². The van der Waals surface area contributed by atoms with Crippen LogP contribution < -0.4 is 29.8 Å². The Morgan fingerprint density at radius 3 is 2.45 bits per heavy atom. The van der Waals surface area contributed by atoms with E-state index in [1.807, 2.05) is 24.3 Å². The summed E-state index contributed by atoms with van der Waals surface area (Å²) in [6.45, 7) is 1.87. The number of aliphatic hydroxyl groups excluding tert-OH is 1. The maximum atomic E-state index is 14.4. The third kappa shape index (κ3) is 5.78. The number of nitrogens with one attached hydrogen (secondary N) is 2. The Morgan fingerprint density at radius 1 is 1.04 bits per heavy atom. The van der Waals surface area contributed by atoms with Gasteiger partial charge in [-0.1, -0.05) is 48.9 Å². The van der Waals surface area contributed by atoms with Crippen LogP contribution in [0.5, 0.6) is 23.0 Å². The lowest BCUT2D eigenvalue weighted by Gasteiger charge is -2.38. The lowest BCUT2D eigenvalue weighted by Crippen LogP contribution is -2.53. The standard InChI is InChI=1S/C37H35ClN2O9/c1-19-15-26(41)30(34(43)37(19)35(44)31-27(47-3)18-28(48-4)32(38)33(31)49-37)23(24-16-21-7-5-6-8-25(21)40-36(24)45)17-29(42)39-14-13-20-9-11-22(46-2)12-10-20/h5-12,16,18-19,23,43H,13-15,17H2,1-4H3,(H,39,42)(H,40,45)/t19-,23?,37+/m1/s1. The van der Waals surface area contributed by atoms with Crippen LogP contribution in [0.3, 0.4) is 0 Å². The van der Waals surface area contributed by atoms with Crippen LogP contribution in [0.15, 0.2) is 76.8 Å². The van der Waals surface area contributed by atoms with Crippen LogP contribution in [0.2, 0.25) is 5.02 Å². The summed E-state index contributed by atoms with van der Waals surface area (Å²) < 4.78 is 22.3. The number of pyridine rings is 1. The molecule has 0 saturated carbocycles. The first kappa shape index (κ1) is 33.6. The number of aromatic amines is 1. The number of amides is 1. The highest BCUT2D eigenvalue weighted by Crippen LogP contribution is 2.55. The van der Waals surface area contributed by atoms with Crippen molar-refractivity contribution in [2.24, 2.45) is 5.92 Å². The van der Waals surface area contributed by atoms with Gasteiger partial charge >= 0.3 is 0 Å². The molecule has 1 spiro atoms. The average Bonchev–Trinajstić information content (AvgIpc) is 3.41. The number of methoxy groups -OCH3 is 3. The number of rotatable bonds is 10. The van der Waals surface area contributed by atoms with E-state index >= 15 is 0 Å². The topological polar surface area (TPSA) is 153 Å². The predicted octanol–water partition coefficient (Wildman–Crippen LogP) is 5.48. The molecule has 3 N–H and O–H groups in total. The van der Waals surface area contributed by atoms with Gasteiger partial charge in [-0.15, -0.1) is 0 Å². The van der Waals surface area contributed by atoms with E-state index in [4.69, 9.17) is 30.5 Å². The predicted molar refractivity (Wildman–Crippen MR) is 182 cm³/mol. The van der Waals surface area contributed by atoms with Crippen molar-refractivity contribution in [2.75, 3.05) is 27.9 Å². The van der Waals surface area contributed by atoms with Crippen molar-refractivity contribution in [3.05, 3.63) is 104 Å². The van der Waals surface area contributed by atoms with Crippen LogP contribution in [-0.2, 0) is 16.0 Å². The molecule has 12 heteroatoms. The molecule has 1 aliphatic heterocycles. The van der Waals surface area contributed by atoms with Crippen LogP contribution in [-0.4, -0.2) is 61.0 Å². The molecule has 49 heavy (non-hydrogen) atoms. The van der Waals surface area contributed by atoms with E-state index in [2.05, 4.69) is 10.3 Å². The van der Waals surface area contributed by atoms with E-state index in [-0.39, 0.29) is 58.4 Å². The number of ketones is 2. The van der Waals surface area contributed by atoms with Crippen LogP contribution in [0.4, 0.5) is 0 Å². The number of halogens is 1. The molecule has 4 aromatic rings. The van der Waals surface area contributed by atoms with Crippen molar-refractivity contribution in [3.8, 4) is 23.0 Å². The molecule has 1 aromatic heterocycles. The summed E-state index contributed by atoms with van der Waals surface area (Å²) in [6, 6.07) is 17.5. The summed E-state index contributed by atoms with van der Waals surface area (Å²) in [7, 11) is 4.34. The van der Waals surface area contributed by atoms with E-state index in [9.17, 15) is 24.3 Å². The van der Waals surface area contributed by atoms with Crippen molar-refractivity contribution in [1.82, 2.24) is 10.3 Å². The smallest absolute Gasteiger partial charge is 0.252 e. The molecule has 3 atom stereocenters. The Kier molecular flexibility index (Phi) is 9.13. The maximum absolute atomic E-state index is 14.4. The monoisotopic (exact) mass is 686 g/mol. The molecule has 0 radical (unpaired) electrons. The SMILES string of the molecule is COc1ccc(CCNC(=O)CC(C2=C(O)[C@@]3(Oc4c(Cl)c(OC)cc(OC)c4C3=O)[C@H](C)CC2=O)c2cc3ccccc3[nH]c2=O)cc1. The zero-order valence-corrected chi connectivity index (χ0v) is 28.1. The quantitative estimate of drug-likeness (QED) is 0.197. The van der Waals surface area contributed by atoms with Gasteiger partial charge in [0.1, 0.15) is 27.8 Å². The highest BCUT2D eigenvalue weighted by Gasteiger charge is 2.61. The molecule has 6 rings (SSSR count). The minimum Gasteiger partial charge on any atom is -0.507 e. The second-order valence-corrected chi connectivity index (χ2v) is 12.5. The second kappa shape index (κ2) is 13.3. The van der Waals surface area contributed by atoms with Crippen molar-refractivity contribution in [1.29, 1.82) is 0 Å². The Balaban J connectivity index is 1.43. The maximum Gasteiger partial charge on any atom is 0.252 e. The van der Waals surface area contributed by atoms with Crippen molar-refractivity contribution in [2.45, 2.75) is 37.7 Å². The lowest BCUT2D eigenvalue weighted by atomic mass is 9.69. The van der Waals surface area contributed by atoms with E-state index in [1.54, 1.807) is 44.4 Å². The number of carbonyl (C=O) groups is 3. The highest BCUT2D eigenvalue weighted by atomic mass is 35.5. The summed E-state index contributed by atoms with van der Waals surface area (Å²) >= 11 is 6.60. The minimum atomic E-state index is -2.08. The summed E-state index contributed by atoms with van der Waals surface area (Å²) in [6.07, 6.45) is -0.0902. The van der Waals surface area contributed by atoms with Gasteiger partial charge in [0.2, 0.25) is 17.3 Å². The Hall–Kier alpha value is -5.29. The second-order valence-electron chi connectivity index (χ2n) is 12.1. The number of H-pyrrole nitrogens is 1. The van der Waals surface area contributed by atoms with Crippen molar-refractivity contribution >= 4 is 40.0 Å². The van der Waals surface area contributed by atoms with Gasteiger partial charge in [0, 0.05) is 53.9 Å². The van der Waals surface area contributed by atoms with Crippen molar-refractivity contribution < 1.29 is 38.4 Å². The van der Waals surface area contributed by atoms with Crippen LogP contribution in [0.1, 0.15) is 47.2 Å². The average molecular weight is 687 g/mol. The number of aliphatic hydroxyl groups is 1. The molecule has 1 aliphatic carbocycles. The molecular formula is C37H35ClN2O9. The van der Waals surface area contributed by atoms with Gasteiger partial charge in [-0.25, -0.2) is 0 Å². The fourth-order valence-electron chi connectivity index (χ4n) is 6.73. The van der Waals surface area contributed by atoms with Gasteiger partial charge in [0.25, 0.3) is 5.56 Å². The number of hydrogen-bond acceptors (Lipinski definition) is 9. The number of aromatic nitrogens is 1. The van der Waals surface area contributed by atoms with Crippen LogP contribution in [0, 0.1) is 5.92 Å². The summed E-state index contributed by atoms with van der Waals surface area (Å²) in [5, 5.41) is 15.7. The van der Waals surface area contributed by atoms with Crippen molar-refractivity contribution in [3.63, 3.8) is 0 Å². The van der Waals surface area contributed by atoms with E-state index < -0.39 is 46.2 Å². The summed E-state index contributed by atoms with van der Waals surface area (Å²) in [5.41, 5.74) is -1.32. The summed E-state index contributed by atoms with van der Waals surface area (Å²) in [4.78, 5) is 58.3. The van der Waals surface area contributed by atoms with E-state index in [1.165, 1.54) is 20.3 Å². The zero-order chi connectivity index (χ0) is 35.0. The van der Waals surface area contributed by atoms with Crippen LogP contribution >= 0.6 is 11.6 Å². The fraction of sp³-hybridized carbons (Fsp3) is 0.297. The Bertz CT molecular complexity index is 2070. The molecule has 2 aliphatic rings. The van der Waals surface area contributed by atoms with Crippen LogP contribution in [0.25, 0.3) is 10.9 Å². The number of benzene rings is 3. The molecule has 254 valence electrons. The highest BCUT2D eigenvalue weighted by molar-refractivity contribution is 6.35. The van der Waals surface area contributed by atoms with E-state index in [0.29, 0.717) is 23.1 Å². The lowest BCUT2D eigenvalue weighted by molar-refractivity contribution is -0.121. The molecule has 11 nitrogen and oxygen atoms in total. The van der Waals surface area contributed by atoms with Gasteiger partial charge in [-0.2, -0.15) is 0 Å². The molecule has 1 amide bonds. The van der Waals surface area contributed by atoms with E-state index in [0.717, 1.165) is 5.56 Å². The molecule has 2 heterocycles. The third-order valence-corrected chi connectivity index (χ3v) is 9.66. The van der Waals surface area contributed by atoms with Gasteiger partial charge < -0.3 is 34.4 Å². The molecule has 0 saturated heterocycles. The first-order valence-corrected chi connectivity index (χ1v) is 16.1. The first-order chi connectivity index (χ1) is 23.5. The van der Waals surface area contributed by atoms with Gasteiger partial charge in [0.05, 0.1) is 21.3 Å². The molecule has 3 aromatic carbocycles. The number of fused-ring (bicyclic) bond motifs is 2. The first-order valence-electron chi connectivity index (χ1n) is 15.7. The fourth-order valence-corrected chi connectivity index (χ4v) is 6.99. The number of hydrogen-bond donors (Lipinski definition) is 3. The number of carbonyl (C=O) groups excluding carboxylic acids is 3. The largest absolute Gasteiger partial charge is 0.507 e. The molecule has 0 fully saturated rings. The minimum absolute atomic E-state index is 0.0132. The molecule has 0 bridgehead atoms. The molecular weight excluding hydrogens is 652 g/mol. The zero-order valence-electron chi connectivity index (χ0n) is 27.3. The Labute approximate surface area is 286 Å². The number of ether oxygens (including phenoxy) is 4. The normalized spacial score (nSPS) is 19.1. The molecule has 1 unspecified atom stereocenters. The number of Topliss-reactive ketones (excluding diaryl/α,β-unsaturated/α-hetero) is 2. The number of para-hydroxylation sites is 1. The number of allylic oxidation sites excluding steroid dienone is 1. The Morgan fingerprint density at radius 2 is 1.76 bits per heavy atom. The van der Waals surface area contributed by atoms with Gasteiger partial charge in [0.15, 0.2) is 17.3 Å². The van der Waals surface area contributed by atoms with Gasteiger partial charge in [-0.3, -0.25) is 19.2 Å². The summed E-state index contributed by atoms with van der Waals surface area (Å²) in [5.74, 6) is -3.51. The third-order valence-electron chi connectivity index (χ3n) is 9.30.